The Morgan fingerprint density at radius 1 is 1.18 bits per heavy atom. The highest BCUT2D eigenvalue weighted by atomic mass is 16.4. The number of carbonyl (C=O) groups excluding carboxylic acids is 2. The van der Waals surface area contributed by atoms with E-state index in [1.165, 1.54) is 12.8 Å². The summed E-state index contributed by atoms with van der Waals surface area (Å²) in [5.74, 6) is -0.636. The van der Waals surface area contributed by atoms with Crippen molar-refractivity contribution in [2.24, 2.45) is 5.92 Å². The lowest BCUT2D eigenvalue weighted by molar-refractivity contribution is -0.137. The van der Waals surface area contributed by atoms with Crippen molar-refractivity contribution in [1.82, 2.24) is 10.6 Å². The lowest BCUT2D eigenvalue weighted by Crippen LogP contribution is -2.39. The van der Waals surface area contributed by atoms with E-state index in [0.29, 0.717) is 6.54 Å². The zero-order chi connectivity index (χ0) is 12.7. The average molecular weight is 242 g/mol. The van der Waals surface area contributed by atoms with Gasteiger partial charge in [-0.3, -0.25) is 14.9 Å². The molecule has 0 unspecified atom stereocenters. The summed E-state index contributed by atoms with van der Waals surface area (Å²) in [5, 5.41) is 13.1. The highest BCUT2D eigenvalue weighted by molar-refractivity contribution is 5.94. The summed E-state index contributed by atoms with van der Waals surface area (Å²) in [5.41, 5.74) is 0. The van der Waals surface area contributed by atoms with Crippen molar-refractivity contribution < 1.29 is 19.5 Å². The molecule has 1 rings (SSSR count). The molecule has 6 heteroatoms. The molecule has 0 radical (unpaired) electrons. The SMILES string of the molecule is O=C(O)CCCC(=O)NC(=O)NCCC1CC1. The van der Waals surface area contributed by atoms with Gasteiger partial charge in [-0.2, -0.15) is 0 Å². The molecule has 0 aromatic heterocycles. The van der Waals surface area contributed by atoms with Gasteiger partial charge in [0, 0.05) is 19.4 Å². The molecule has 3 amide bonds. The van der Waals surface area contributed by atoms with Gasteiger partial charge in [-0.25, -0.2) is 4.79 Å². The minimum atomic E-state index is -0.938. The summed E-state index contributed by atoms with van der Waals surface area (Å²) in [4.78, 5) is 32.6. The van der Waals surface area contributed by atoms with Crippen LogP contribution < -0.4 is 10.6 Å². The van der Waals surface area contributed by atoms with E-state index < -0.39 is 17.9 Å². The van der Waals surface area contributed by atoms with Crippen LogP contribution in [0.15, 0.2) is 0 Å². The van der Waals surface area contributed by atoms with Gasteiger partial charge in [0.1, 0.15) is 0 Å². The van der Waals surface area contributed by atoms with E-state index in [1.54, 1.807) is 0 Å². The fourth-order valence-electron chi connectivity index (χ4n) is 1.43. The monoisotopic (exact) mass is 242 g/mol. The first-order chi connectivity index (χ1) is 8.08. The fourth-order valence-corrected chi connectivity index (χ4v) is 1.43. The van der Waals surface area contributed by atoms with Crippen LogP contribution in [0.5, 0.6) is 0 Å². The number of nitrogens with one attached hydrogen (secondary N) is 2. The second-order valence-corrected chi connectivity index (χ2v) is 4.28. The van der Waals surface area contributed by atoms with E-state index in [1.807, 2.05) is 0 Å². The van der Waals surface area contributed by atoms with E-state index in [-0.39, 0.29) is 19.3 Å². The number of aliphatic carboxylic acids is 1. The zero-order valence-electron chi connectivity index (χ0n) is 9.70. The predicted octanol–water partition coefficient (Wildman–Crippen LogP) is 0.867. The Hall–Kier alpha value is -1.59. The zero-order valence-corrected chi connectivity index (χ0v) is 9.70. The molecule has 6 nitrogen and oxygen atoms in total. The molecule has 1 aliphatic carbocycles. The minimum absolute atomic E-state index is 0.0579. The third-order valence-corrected chi connectivity index (χ3v) is 2.58. The van der Waals surface area contributed by atoms with Crippen LogP contribution in [0, 0.1) is 5.92 Å². The predicted molar refractivity (Wildman–Crippen MR) is 60.4 cm³/mol. The highest BCUT2D eigenvalue weighted by Gasteiger charge is 2.20. The number of carbonyl (C=O) groups is 3. The molecule has 0 aromatic rings. The Morgan fingerprint density at radius 3 is 2.47 bits per heavy atom. The number of imide groups is 1. The lowest BCUT2D eigenvalue weighted by Gasteiger charge is -2.05. The molecule has 1 fully saturated rings. The summed E-state index contributed by atoms with van der Waals surface area (Å²) >= 11 is 0. The van der Waals surface area contributed by atoms with Crippen molar-refractivity contribution in [3.63, 3.8) is 0 Å². The molecule has 0 aliphatic heterocycles. The quantitative estimate of drug-likeness (QED) is 0.617. The maximum absolute atomic E-state index is 11.2. The van der Waals surface area contributed by atoms with Gasteiger partial charge in [0.15, 0.2) is 0 Å². The molecule has 0 bridgehead atoms. The van der Waals surface area contributed by atoms with Gasteiger partial charge in [-0.1, -0.05) is 12.8 Å². The third kappa shape index (κ3) is 7.32. The topological polar surface area (TPSA) is 95.5 Å². The van der Waals surface area contributed by atoms with E-state index in [0.717, 1.165) is 12.3 Å². The van der Waals surface area contributed by atoms with Gasteiger partial charge in [0.2, 0.25) is 5.91 Å². The number of hydrogen-bond donors (Lipinski definition) is 3. The van der Waals surface area contributed by atoms with Crippen LogP contribution in [-0.2, 0) is 9.59 Å². The number of carboxylic acids is 1. The Balaban J connectivity index is 1.99. The maximum atomic E-state index is 11.2. The van der Waals surface area contributed by atoms with Crippen molar-refractivity contribution in [3.05, 3.63) is 0 Å². The molecule has 0 spiro atoms. The van der Waals surface area contributed by atoms with Gasteiger partial charge in [0.25, 0.3) is 0 Å². The summed E-state index contributed by atoms with van der Waals surface area (Å²) in [6.45, 7) is 0.582. The molecule has 96 valence electrons. The number of amides is 3. The Kier molecular flexibility index (Phi) is 5.45. The normalized spacial score (nSPS) is 14.1. The molecular formula is C11H18N2O4. The van der Waals surface area contributed by atoms with Crippen molar-refractivity contribution in [3.8, 4) is 0 Å². The molecule has 17 heavy (non-hydrogen) atoms. The number of hydrogen-bond acceptors (Lipinski definition) is 3. The molecule has 1 aliphatic rings. The smallest absolute Gasteiger partial charge is 0.321 e. The molecule has 0 saturated heterocycles. The second-order valence-electron chi connectivity index (χ2n) is 4.28. The Bertz CT molecular complexity index is 300. The number of rotatable bonds is 7. The van der Waals surface area contributed by atoms with Gasteiger partial charge in [0.05, 0.1) is 0 Å². The lowest BCUT2D eigenvalue weighted by atomic mass is 10.2. The van der Waals surface area contributed by atoms with Crippen molar-refractivity contribution in [2.75, 3.05) is 6.54 Å². The van der Waals surface area contributed by atoms with Gasteiger partial charge >= 0.3 is 12.0 Å². The molecule has 0 aromatic carbocycles. The first-order valence-corrected chi connectivity index (χ1v) is 5.87. The van der Waals surface area contributed by atoms with Crippen LogP contribution in [0.1, 0.15) is 38.5 Å². The molecular weight excluding hydrogens is 224 g/mol. The van der Waals surface area contributed by atoms with Gasteiger partial charge < -0.3 is 10.4 Å². The summed E-state index contributed by atoms with van der Waals surface area (Å²) in [6.07, 6.45) is 3.67. The van der Waals surface area contributed by atoms with E-state index in [2.05, 4.69) is 10.6 Å². The molecule has 0 heterocycles. The number of carboxylic acid groups (broad SMARTS) is 1. The van der Waals surface area contributed by atoms with E-state index >= 15 is 0 Å². The molecule has 3 N–H and O–H groups in total. The van der Waals surface area contributed by atoms with Crippen molar-refractivity contribution in [1.29, 1.82) is 0 Å². The van der Waals surface area contributed by atoms with Gasteiger partial charge in [-0.05, 0) is 18.8 Å². The van der Waals surface area contributed by atoms with Crippen LogP contribution in [0.2, 0.25) is 0 Å². The highest BCUT2D eigenvalue weighted by Crippen LogP contribution is 2.31. The molecule has 1 saturated carbocycles. The van der Waals surface area contributed by atoms with Crippen LogP contribution in [0.4, 0.5) is 4.79 Å². The van der Waals surface area contributed by atoms with Crippen LogP contribution in [-0.4, -0.2) is 29.6 Å². The van der Waals surface area contributed by atoms with Gasteiger partial charge in [-0.15, -0.1) is 0 Å². The van der Waals surface area contributed by atoms with Crippen LogP contribution in [0.3, 0.4) is 0 Å². The third-order valence-electron chi connectivity index (χ3n) is 2.58. The van der Waals surface area contributed by atoms with Crippen LogP contribution in [0.25, 0.3) is 0 Å². The summed E-state index contributed by atoms with van der Waals surface area (Å²) < 4.78 is 0. The average Bonchev–Trinajstić information content (AvgIpc) is 3.00. The number of urea groups is 1. The summed E-state index contributed by atoms with van der Waals surface area (Å²) in [6, 6.07) is -0.494. The Labute approximate surface area is 99.8 Å². The fraction of sp³-hybridized carbons (Fsp3) is 0.727. The summed E-state index contributed by atoms with van der Waals surface area (Å²) in [7, 11) is 0. The molecule has 0 atom stereocenters. The standard InChI is InChI=1S/C11H18N2O4/c14-9(2-1-3-10(15)16)13-11(17)12-7-6-8-4-5-8/h8H,1-7H2,(H,15,16)(H2,12,13,14,17). The van der Waals surface area contributed by atoms with E-state index in [4.69, 9.17) is 5.11 Å². The van der Waals surface area contributed by atoms with Crippen LogP contribution >= 0.6 is 0 Å². The largest absolute Gasteiger partial charge is 0.481 e. The maximum Gasteiger partial charge on any atom is 0.321 e. The van der Waals surface area contributed by atoms with Crippen molar-refractivity contribution in [2.45, 2.75) is 38.5 Å². The minimum Gasteiger partial charge on any atom is -0.481 e. The van der Waals surface area contributed by atoms with E-state index in [9.17, 15) is 14.4 Å². The Morgan fingerprint density at radius 2 is 1.88 bits per heavy atom. The van der Waals surface area contributed by atoms with Crippen molar-refractivity contribution >= 4 is 17.9 Å². The first-order valence-electron chi connectivity index (χ1n) is 5.87. The second kappa shape index (κ2) is 6.88. The first kappa shape index (κ1) is 13.5.